The molecule has 0 aliphatic rings. The predicted molar refractivity (Wildman–Crippen MR) is 95.1 cm³/mol. The van der Waals surface area contributed by atoms with Crippen molar-refractivity contribution in [2.45, 2.75) is 32.6 Å². The van der Waals surface area contributed by atoms with Crippen LogP contribution in [-0.4, -0.2) is 15.0 Å². The van der Waals surface area contributed by atoms with Crippen molar-refractivity contribution >= 4 is 0 Å². The van der Waals surface area contributed by atoms with Gasteiger partial charge in [-0.25, -0.2) is 4.98 Å². The van der Waals surface area contributed by atoms with Crippen molar-refractivity contribution in [3.05, 3.63) is 66.5 Å². The van der Waals surface area contributed by atoms with Gasteiger partial charge in [0.05, 0.1) is 0 Å². The first-order chi connectivity index (χ1) is 11.6. The van der Waals surface area contributed by atoms with E-state index in [-0.39, 0.29) is 5.41 Å². The maximum atomic E-state index is 5.78. The molecule has 0 radical (unpaired) electrons. The molecule has 0 aliphatic carbocycles. The van der Waals surface area contributed by atoms with E-state index in [0.29, 0.717) is 11.8 Å². The lowest BCUT2D eigenvalue weighted by molar-refractivity contribution is 0.438. The summed E-state index contributed by atoms with van der Waals surface area (Å²) in [5, 5.41) is 0. The van der Waals surface area contributed by atoms with Crippen LogP contribution in [0.15, 0.2) is 60.9 Å². The highest BCUT2D eigenvalue weighted by atomic mass is 16.5. The highest BCUT2D eigenvalue weighted by Gasteiger charge is 2.17. The molecule has 4 nitrogen and oxygen atoms in total. The SMILES string of the molecule is CCC(C)(C)c1ccc(Oc2ncnc(-c3ccccc3)n2)cc1. The number of aromatic nitrogens is 3. The highest BCUT2D eigenvalue weighted by Crippen LogP contribution is 2.29. The molecule has 0 saturated carbocycles. The maximum absolute atomic E-state index is 5.78. The second-order valence-corrected chi connectivity index (χ2v) is 6.32. The molecular weight excluding hydrogens is 298 g/mol. The average Bonchev–Trinajstić information content (AvgIpc) is 2.63. The summed E-state index contributed by atoms with van der Waals surface area (Å²) in [5.74, 6) is 1.32. The van der Waals surface area contributed by atoms with Crippen molar-refractivity contribution in [3.8, 4) is 23.1 Å². The lowest BCUT2D eigenvalue weighted by atomic mass is 9.82. The summed E-state index contributed by atoms with van der Waals surface area (Å²) in [5.41, 5.74) is 2.38. The molecule has 0 atom stereocenters. The van der Waals surface area contributed by atoms with Crippen molar-refractivity contribution in [1.29, 1.82) is 0 Å². The fourth-order valence-electron chi connectivity index (χ4n) is 2.34. The van der Waals surface area contributed by atoms with Gasteiger partial charge in [-0.3, -0.25) is 0 Å². The van der Waals surface area contributed by atoms with Crippen molar-refractivity contribution in [1.82, 2.24) is 15.0 Å². The van der Waals surface area contributed by atoms with Gasteiger partial charge in [-0.05, 0) is 29.5 Å². The van der Waals surface area contributed by atoms with E-state index in [2.05, 4.69) is 47.9 Å². The molecule has 4 heteroatoms. The quantitative estimate of drug-likeness (QED) is 0.662. The van der Waals surface area contributed by atoms with E-state index in [1.165, 1.54) is 11.9 Å². The highest BCUT2D eigenvalue weighted by molar-refractivity contribution is 5.54. The molecule has 1 heterocycles. The Labute approximate surface area is 142 Å². The van der Waals surface area contributed by atoms with Gasteiger partial charge in [0.2, 0.25) is 0 Å². The minimum atomic E-state index is 0.159. The molecule has 0 fully saturated rings. The second kappa shape index (κ2) is 6.79. The van der Waals surface area contributed by atoms with E-state index >= 15 is 0 Å². The van der Waals surface area contributed by atoms with E-state index in [1.807, 2.05) is 42.5 Å². The first-order valence-electron chi connectivity index (χ1n) is 8.11. The number of rotatable bonds is 5. The summed E-state index contributed by atoms with van der Waals surface area (Å²) in [6, 6.07) is 18.2. The zero-order valence-corrected chi connectivity index (χ0v) is 14.2. The monoisotopic (exact) mass is 319 g/mol. The van der Waals surface area contributed by atoms with Crippen LogP contribution in [0.1, 0.15) is 32.8 Å². The van der Waals surface area contributed by atoms with E-state index in [1.54, 1.807) is 0 Å². The molecule has 0 saturated heterocycles. The summed E-state index contributed by atoms with van der Waals surface area (Å²) < 4.78 is 5.78. The smallest absolute Gasteiger partial charge is 0.325 e. The van der Waals surface area contributed by atoms with Crippen molar-refractivity contribution in [3.63, 3.8) is 0 Å². The van der Waals surface area contributed by atoms with E-state index in [0.717, 1.165) is 17.7 Å². The minimum Gasteiger partial charge on any atom is -0.424 e. The Morgan fingerprint density at radius 2 is 1.62 bits per heavy atom. The molecule has 1 aromatic heterocycles. The lowest BCUT2D eigenvalue weighted by Gasteiger charge is -2.23. The van der Waals surface area contributed by atoms with Crippen LogP contribution in [0.2, 0.25) is 0 Å². The predicted octanol–water partition coefficient (Wildman–Crippen LogP) is 5.02. The standard InChI is InChI=1S/C20H21N3O/c1-4-20(2,3)16-10-12-17(13-11-16)24-19-22-14-21-18(23-19)15-8-6-5-7-9-15/h5-14H,4H2,1-3H3. The Hall–Kier alpha value is -2.75. The maximum Gasteiger partial charge on any atom is 0.325 e. The molecular formula is C20H21N3O. The van der Waals surface area contributed by atoms with Gasteiger partial charge in [0.25, 0.3) is 0 Å². The zero-order chi connectivity index (χ0) is 17.0. The van der Waals surface area contributed by atoms with Crippen molar-refractivity contribution in [2.75, 3.05) is 0 Å². The molecule has 3 aromatic rings. The summed E-state index contributed by atoms with van der Waals surface area (Å²) in [6.45, 7) is 6.67. The van der Waals surface area contributed by atoms with Gasteiger partial charge in [-0.1, -0.05) is 63.2 Å². The first-order valence-corrected chi connectivity index (χ1v) is 8.11. The molecule has 3 rings (SSSR count). The van der Waals surface area contributed by atoms with Crippen LogP contribution in [0.25, 0.3) is 11.4 Å². The summed E-state index contributed by atoms with van der Waals surface area (Å²) in [6.07, 6.45) is 2.56. The summed E-state index contributed by atoms with van der Waals surface area (Å²) in [7, 11) is 0. The number of hydrogen-bond acceptors (Lipinski definition) is 4. The molecule has 0 bridgehead atoms. The number of benzene rings is 2. The average molecular weight is 319 g/mol. The number of ether oxygens (including phenoxy) is 1. The van der Waals surface area contributed by atoms with E-state index < -0.39 is 0 Å². The van der Waals surface area contributed by atoms with Crippen LogP contribution in [-0.2, 0) is 5.41 Å². The fraction of sp³-hybridized carbons (Fsp3) is 0.250. The first kappa shape index (κ1) is 16.1. The largest absolute Gasteiger partial charge is 0.424 e. The van der Waals surface area contributed by atoms with E-state index in [9.17, 15) is 0 Å². The molecule has 2 aromatic carbocycles. The van der Waals surface area contributed by atoms with Gasteiger partial charge >= 0.3 is 6.01 Å². The minimum absolute atomic E-state index is 0.159. The van der Waals surface area contributed by atoms with Gasteiger partial charge in [0, 0.05) is 5.56 Å². The Morgan fingerprint density at radius 1 is 0.917 bits per heavy atom. The van der Waals surface area contributed by atoms with Gasteiger partial charge in [-0.15, -0.1) is 0 Å². The van der Waals surface area contributed by atoms with Crippen molar-refractivity contribution in [2.24, 2.45) is 0 Å². The molecule has 0 aliphatic heterocycles. The van der Waals surface area contributed by atoms with Gasteiger partial charge in [0.15, 0.2) is 5.82 Å². The third kappa shape index (κ3) is 3.59. The Kier molecular flexibility index (Phi) is 4.56. The van der Waals surface area contributed by atoms with E-state index in [4.69, 9.17) is 4.74 Å². The third-order valence-electron chi connectivity index (χ3n) is 4.31. The Balaban J connectivity index is 1.79. The van der Waals surface area contributed by atoms with Crippen LogP contribution in [0.3, 0.4) is 0 Å². The van der Waals surface area contributed by atoms with Crippen LogP contribution < -0.4 is 4.74 Å². The topological polar surface area (TPSA) is 47.9 Å². The van der Waals surface area contributed by atoms with Crippen LogP contribution in [0.4, 0.5) is 0 Å². The van der Waals surface area contributed by atoms with Gasteiger partial charge in [-0.2, -0.15) is 9.97 Å². The third-order valence-corrected chi connectivity index (χ3v) is 4.31. The molecule has 122 valence electrons. The molecule has 0 N–H and O–H groups in total. The lowest BCUT2D eigenvalue weighted by Crippen LogP contribution is -2.14. The zero-order valence-electron chi connectivity index (χ0n) is 14.2. The Morgan fingerprint density at radius 3 is 2.29 bits per heavy atom. The second-order valence-electron chi connectivity index (χ2n) is 6.32. The molecule has 0 amide bonds. The molecule has 24 heavy (non-hydrogen) atoms. The summed E-state index contributed by atoms with van der Waals surface area (Å²) in [4.78, 5) is 12.7. The molecule has 0 spiro atoms. The molecule has 0 unspecified atom stereocenters. The Bertz CT molecular complexity index is 799. The van der Waals surface area contributed by atoms with Gasteiger partial charge in [0.1, 0.15) is 12.1 Å². The van der Waals surface area contributed by atoms with Gasteiger partial charge < -0.3 is 4.74 Å². The normalized spacial score (nSPS) is 11.3. The fourth-order valence-corrected chi connectivity index (χ4v) is 2.34. The summed E-state index contributed by atoms with van der Waals surface area (Å²) >= 11 is 0. The van der Waals surface area contributed by atoms with Crippen LogP contribution in [0.5, 0.6) is 11.8 Å². The number of nitrogens with zero attached hydrogens (tertiary/aromatic N) is 3. The van der Waals surface area contributed by atoms with Crippen LogP contribution >= 0.6 is 0 Å². The van der Waals surface area contributed by atoms with Crippen LogP contribution in [0, 0.1) is 0 Å². The number of hydrogen-bond donors (Lipinski definition) is 0. The van der Waals surface area contributed by atoms with Crippen molar-refractivity contribution < 1.29 is 4.74 Å².